The largest absolute Gasteiger partial charge is 0.497 e. The molecule has 2 heterocycles. The first kappa shape index (κ1) is 21.3. The summed E-state index contributed by atoms with van der Waals surface area (Å²) < 4.78 is 12.7. The molecule has 8 heteroatoms. The zero-order valence-electron chi connectivity index (χ0n) is 18.0. The van der Waals surface area contributed by atoms with E-state index in [1.165, 1.54) is 4.90 Å². The van der Waals surface area contributed by atoms with Gasteiger partial charge in [0.1, 0.15) is 11.5 Å². The van der Waals surface area contributed by atoms with E-state index in [2.05, 4.69) is 0 Å². The standard InChI is InChI=1S/C24H24N2O4S2/c1-29-16-8-10-20(30-2)14(11-16)13-31-24-25-19-9-7-15(12-21(19)32-24)26-22(27)17-5-3-4-6-18(17)23(26)28/h7-12,17-18H,3-6,13H2,1-2H3/t17-,18-/m0/s1. The van der Waals surface area contributed by atoms with Gasteiger partial charge in [-0.3, -0.25) is 14.5 Å². The van der Waals surface area contributed by atoms with Gasteiger partial charge in [-0.15, -0.1) is 11.3 Å². The number of hydrogen-bond donors (Lipinski definition) is 0. The van der Waals surface area contributed by atoms with Crippen LogP contribution in [-0.4, -0.2) is 31.0 Å². The molecule has 32 heavy (non-hydrogen) atoms. The van der Waals surface area contributed by atoms with Crippen molar-refractivity contribution in [1.29, 1.82) is 0 Å². The van der Waals surface area contributed by atoms with E-state index < -0.39 is 0 Å². The minimum atomic E-state index is -0.141. The minimum absolute atomic E-state index is 0.0386. The van der Waals surface area contributed by atoms with E-state index in [9.17, 15) is 9.59 Å². The highest BCUT2D eigenvalue weighted by Crippen LogP contribution is 2.41. The summed E-state index contributed by atoms with van der Waals surface area (Å²) in [5, 5.41) is 0. The van der Waals surface area contributed by atoms with Gasteiger partial charge in [-0.05, 0) is 49.2 Å². The van der Waals surface area contributed by atoms with E-state index in [1.54, 1.807) is 37.3 Å². The Morgan fingerprint density at radius 2 is 1.78 bits per heavy atom. The molecule has 5 rings (SSSR count). The maximum atomic E-state index is 12.9. The summed E-state index contributed by atoms with van der Waals surface area (Å²) >= 11 is 3.20. The summed E-state index contributed by atoms with van der Waals surface area (Å²) in [5.41, 5.74) is 2.57. The van der Waals surface area contributed by atoms with Crippen LogP contribution in [0.25, 0.3) is 10.2 Å². The Bertz CT molecular complexity index is 1170. The van der Waals surface area contributed by atoms with E-state index >= 15 is 0 Å². The number of amides is 2. The third-order valence-electron chi connectivity index (χ3n) is 6.29. The van der Waals surface area contributed by atoms with Crippen molar-refractivity contribution >= 4 is 50.8 Å². The van der Waals surface area contributed by atoms with Gasteiger partial charge in [0.15, 0.2) is 4.34 Å². The molecule has 166 valence electrons. The molecule has 0 bridgehead atoms. The predicted octanol–water partition coefficient (Wildman–Crippen LogP) is 5.29. The van der Waals surface area contributed by atoms with Gasteiger partial charge in [0.2, 0.25) is 11.8 Å². The molecule has 2 atom stereocenters. The monoisotopic (exact) mass is 468 g/mol. The van der Waals surface area contributed by atoms with Gasteiger partial charge >= 0.3 is 0 Å². The highest BCUT2D eigenvalue weighted by Gasteiger charge is 2.48. The first-order valence-electron chi connectivity index (χ1n) is 10.7. The molecule has 1 saturated carbocycles. The predicted molar refractivity (Wildman–Crippen MR) is 127 cm³/mol. The fourth-order valence-electron chi connectivity index (χ4n) is 4.64. The summed E-state index contributed by atoms with van der Waals surface area (Å²) in [5.74, 6) is 1.94. The second-order valence-electron chi connectivity index (χ2n) is 8.11. The van der Waals surface area contributed by atoms with Crippen LogP contribution >= 0.6 is 23.1 Å². The Hall–Kier alpha value is -2.58. The molecule has 3 aromatic rings. The van der Waals surface area contributed by atoms with E-state index in [4.69, 9.17) is 14.5 Å². The lowest BCUT2D eigenvalue weighted by atomic mass is 9.81. The number of carbonyl (C=O) groups excluding carboxylic acids is 2. The number of benzene rings is 2. The van der Waals surface area contributed by atoms with E-state index in [0.29, 0.717) is 11.4 Å². The van der Waals surface area contributed by atoms with Crippen LogP contribution in [0, 0.1) is 11.8 Å². The van der Waals surface area contributed by atoms with Crippen LogP contribution < -0.4 is 14.4 Å². The van der Waals surface area contributed by atoms with Gasteiger partial charge in [0.05, 0.1) is 42.0 Å². The van der Waals surface area contributed by atoms with Gasteiger partial charge in [-0.25, -0.2) is 4.98 Å². The SMILES string of the molecule is COc1ccc(OC)c(CSc2nc3ccc(N4C(=O)[C@H]5CCCC[C@@H]5C4=O)cc3s2)c1. The van der Waals surface area contributed by atoms with Crippen LogP contribution in [-0.2, 0) is 15.3 Å². The van der Waals surface area contributed by atoms with Crippen LogP contribution in [0.3, 0.4) is 0 Å². The van der Waals surface area contributed by atoms with Crippen molar-refractivity contribution in [2.45, 2.75) is 35.8 Å². The molecular formula is C24H24N2O4S2. The number of carbonyl (C=O) groups is 2. The second-order valence-corrected chi connectivity index (χ2v) is 10.4. The topological polar surface area (TPSA) is 68.7 Å². The van der Waals surface area contributed by atoms with Crippen molar-refractivity contribution in [3.63, 3.8) is 0 Å². The lowest BCUT2D eigenvalue weighted by molar-refractivity contribution is -0.122. The second kappa shape index (κ2) is 8.75. The number of ether oxygens (including phenoxy) is 2. The normalized spacial score (nSPS) is 20.6. The number of methoxy groups -OCH3 is 2. The van der Waals surface area contributed by atoms with E-state index in [0.717, 1.165) is 57.3 Å². The molecule has 0 spiro atoms. The Kier molecular flexibility index (Phi) is 5.82. The van der Waals surface area contributed by atoms with Crippen LogP contribution in [0.5, 0.6) is 11.5 Å². The number of aromatic nitrogens is 1. The quantitative estimate of drug-likeness (QED) is 0.362. The average molecular weight is 469 g/mol. The Balaban J connectivity index is 1.37. The Labute approximate surface area is 194 Å². The summed E-state index contributed by atoms with van der Waals surface area (Å²) in [6, 6.07) is 11.4. The fourth-order valence-corrected chi connectivity index (χ4v) is 6.72. The Morgan fingerprint density at radius 1 is 1.03 bits per heavy atom. The average Bonchev–Trinajstić information content (AvgIpc) is 3.35. The molecule has 2 aliphatic rings. The van der Waals surface area contributed by atoms with Crippen LogP contribution in [0.1, 0.15) is 31.2 Å². The van der Waals surface area contributed by atoms with Gasteiger partial charge in [-0.2, -0.15) is 0 Å². The Morgan fingerprint density at radius 3 is 2.47 bits per heavy atom. The van der Waals surface area contributed by atoms with Gasteiger partial charge in [0, 0.05) is 11.3 Å². The number of thiazole rings is 1. The molecule has 1 aliphatic heterocycles. The van der Waals surface area contributed by atoms with Crippen LogP contribution in [0.2, 0.25) is 0 Å². The van der Waals surface area contributed by atoms with Crippen molar-refractivity contribution in [3.05, 3.63) is 42.0 Å². The molecule has 1 aromatic heterocycles. The first-order valence-corrected chi connectivity index (χ1v) is 12.5. The summed E-state index contributed by atoms with van der Waals surface area (Å²) in [6.45, 7) is 0. The molecule has 2 amide bonds. The number of hydrogen-bond acceptors (Lipinski definition) is 7. The van der Waals surface area contributed by atoms with Crippen LogP contribution in [0.15, 0.2) is 40.7 Å². The number of thioether (sulfide) groups is 1. The van der Waals surface area contributed by atoms with E-state index in [1.807, 2.05) is 36.4 Å². The smallest absolute Gasteiger partial charge is 0.237 e. The number of imide groups is 1. The van der Waals surface area contributed by atoms with E-state index in [-0.39, 0.29) is 23.7 Å². The molecule has 2 fully saturated rings. The maximum Gasteiger partial charge on any atom is 0.237 e. The van der Waals surface area contributed by atoms with Crippen molar-refractivity contribution in [2.24, 2.45) is 11.8 Å². The number of fused-ring (bicyclic) bond motifs is 2. The highest BCUT2D eigenvalue weighted by atomic mass is 32.2. The number of rotatable bonds is 6. The molecule has 0 N–H and O–H groups in total. The van der Waals surface area contributed by atoms with Gasteiger partial charge in [0.25, 0.3) is 0 Å². The highest BCUT2D eigenvalue weighted by molar-refractivity contribution is 8.00. The molecule has 0 unspecified atom stereocenters. The lowest BCUT2D eigenvalue weighted by Gasteiger charge is -2.19. The van der Waals surface area contributed by atoms with Crippen molar-refractivity contribution < 1.29 is 19.1 Å². The minimum Gasteiger partial charge on any atom is -0.497 e. The molecule has 1 saturated heterocycles. The third-order valence-corrected chi connectivity index (χ3v) is 8.50. The molecule has 6 nitrogen and oxygen atoms in total. The summed E-state index contributed by atoms with van der Waals surface area (Å²) in [6.07, 6.45) is 3.70. The maximum absolute atomic E-state index is 12.9. The zero-order chi connectivity index (χ0) is 22.2. The van der Waals surface area contributed by atoms with Crippen molar-refractivity contribution in [3.8, 4) is 11.5 Å². The number of nitrogens with zero attached hydrogens (tertiary/aromatic N) is 2. The molecule has 0 radical (unpaired) electrons. The van der Waals surface area contributed by atoms with Gasteiger partial charge < -0.3 is 9.47 Å². The first-order chi connectivity index (χ1) is 15.6. The number of anilines is 1. The molecule has 2 aromatic carbocycles. The van der Waals surface area contributed by atoms with Gasteiger partial charge in [-0.1, -0.05) is 24.6 Å². The summed E-state index contributed by atoms with van der Waals surface area (Å²) in [4.78, 5) is 32.0. The zero-order valence-corrected chi connectivity index (χ0v) is 19.6. The lowest BCUT2D eigenvalue weighted by Crippen LogP contribution is -2.30. The molecule has 1 aliphatic carbocycles. The fraction of sp³-hybridized carbons (Fsp3) is 0.375. The van der Waals surface area contributed by atoms with Crippen molar-refractivity contribution in [1.82, 2.24) is 4.98 Å². The summed E-state index contributed by atoms with van der Waals surface area (Å²) in [7, 11) is 3.31. The van der Waals surface area contributed by atoms with Crippen LogP contribution in [0.4, 0.5) is 5.69 Å². The van der Waals surface area contributed by atoms with Crippen molar-refractivity contribution in [2.75, 3.05) is 19.1 Å². The molecular weight excluding hydrogens is 444 g/mol. The third kappa shape index (κ3) is 3.75.